The van der Waals surface area contributed by atoms with Crippen molar-refractivity contribution in [1.29, 1.82) is 0 Å². The molecule has 0 saturated carbocycles. The Morgan fingerprint density at radius 2 is 1.58 bits per heavy atom. The van der Waals surface area contributed by atoms with Crippen LogP contribution in [0.1, 0.15) is 74.1 Å². The molecule has 12 nitrogen and oxygen atoms in total. The standard InChI is InChI=1S/C33H64N6O6/c1-13-22(6)29(38(10)33(43)27(20(2)3)36-32(42)28(21(4)5)37(8)9)25(44-11)19-26(40)39-18-14-15-24(39)30(45-12)23(7)31(41)35-17-16-34/h20-25,27-30H,13-19,34H2,1-12H3,(H,35,41)(H,36,42)/t22-,23+,24?,25+,27?,28?,29-,30+/m0/s1. The summed E-state index contributed by atoms with van der Waals surface area (Å²) in [5, 5.41) is 5.85. The van der Waals surface area contributed by atoms with Crippen LogP contribution in [0.3, 0.4) is 0 Å². The van der Waals surface area contributed by atoms with Crippen molar-refractivity contribution in [3.63, 3.8) is 0 Å². The number of rotatable bonds is 19. The van der Waals surface area contributed by atoms with Crippen LogP contribution in [-0.4, -0.2) is 130 Å². The highest BCUT2D eigenvalue weighted by Crippen LogP contribution is 2.29. The number of methoxy groups -OCH3 is 2. The number of nitrogens with zero attached hydrogens (tertiary/aromatic N) is 3. The van der Waals surface area contributed by atoms with Gasteiger partial charge in [0.15, 0.2) is 0 Å². The van der Waals surface area contributed by atoms with Crippen LogP contribution in [0.15, 0.2) is 0 Å². The van der Waals surface area contributed by atoms with Crippen molar-refractivity contribution < 1.29 is 28.7 Å². The van der Waals surface area contributed by atoms with Crippen molar-refractivity contribution in [2.45, 2.75) is 111 Å². The highest BCUT2D eigenvalue weighted by Gasteiger charge is 2.43. The van der Waals surface area contributed by atoms with E-state index in [0.29, 0.717) is 19.6 Å². The number of hydrogen-bond acceptors (Lipinski definition) is 8. The molecule has 0 spiro atoms. The van der Waals surface area contributed by atoms with Crippen LogP contribution in [0.5, 0.6) is 0 Å². The van der Waals surface area contributed by atoms with E-state index in [1.807, 2.05) is 65.4 Å². The molecule has 0 aromatic carbocycles. The second-order valence-electron chi connectivity index (χ2n) is 13.6. The molecule has 0 aromatic rings. The van der Waals surface area contributed by atoms with Gasteiger partial charge in [0.05, 0.1) is 42.7 Å². The molecule has 0 aromatic heterocycles. The minimum atomic E-state index is -0.735. The molecule has 1 heterocycles. The van der Waals surface area contributed by atoms with Crippen molar-refractivity contribution in [1.82, 2.24) is 25.3 Å². The van der Waals surface area contributed by atoms with E-state index in [2.05, 4.69) is 17.6 Å². The number of hydrogen-bond donors (Lipinski definition) is 3. The lowest BCUT2D eigenvalue weighted by Gasteiger charge is -2.41. The molecule has 0 radical (unpaired) electrons. The van der Waals surface area contributed by atoms with Gasteiger partial charge in [-0.05, 0) is 44.7 Å². The third-order valence-corrected chi connectivity index (χ3v) is 9.39. The van der Waals surface area contributed by atoms with Gasteiger partial charge in [0.25, 0.3) is 0 Å². The summed E-state index contributed by atoms with van der Waals surface area (Å²) in [6.07, 6.45) is 1.30. The number of carbonyl (C=O) groups is 4. The normalized spacial score (nSPS) is 20.0. The molecule has 1 aliphatic heterocycles. The van der Waals surface area contributed by atoms with Crippen LogP contribution in [0.25, 0.3) is 0 Å². The predicted octanol–water partition coefficient (Wildman–Crippen LogP) is 1.71. The van der Waals surface area contributed by atoms with Gasteiger partial charge in [-0.2, -0.15) is 0 Å². The van der Waals surface area contributed by atoms with Crippen molar-refractivity contribution >= 4 is 23.6 Å². The van der Waals surface area contributed by atoms with Gasteiger partial charge >= 0.3 is 0 Å². The highest BCUT2D eigenvalue weighted by molar-refractivity contribution is 5.90. The van der Waals surface area contributed by atoms with Crippen LogP contribution in [0, 0.1) is 23.7 Å². The summed E-state index contributed by atoms with van der Waals surface area (Å²) in [6.45, 7) is 15.0. The molecular weight excluding hydrogens is 576 g/mol. The Bertz CT molecular complexity index is 939. The number of likely N-dealkylation sites (N-methyl/N-ethyl adjacent to an activating group) is 2. The third-order valence-electron chi connectivity index (χ3n) is 9.39. The van der Waals surface area contributed by atoms with Crippen molar-refractivity contribution in [3.05, 3.63) is 0 Å². The maximum atomic E-state index is 14.1. The highest BCUT2D eigenvalue weighted by atomic mass is 16.5. The van der Waals surface area contributed by atoms with Gasteiger partial charge in [0.1, 0.15) is 6.04 Å². The minimum Gasteiger partial charge on any atom is -0.379 e. The largest absolute Gasteiger partial charge is 0.379 e. The van der Waals surface area contributed by atoms with Crippen LogP contribution < -0.4 is 16.4 Å². The Hall–Kier alpha value is -2.28. The predicted molar refractivity (Wildman–Crippen MR) is 177 cm³/mol. The van der Waals surface area contributed by atoms with E-state index in [0.717, 1.165) is 19.3 Å². The van der Waals surface area contributed by atoms with E-state index < -0.39 is 30.2 Å². The molecule has 4 amide bonds. The number of carbonyl (C=O) groups excluding carboxylic acids is 4. The first kappa shape index (κ1) is 40.7. The van der Waals surface area contributed by atoms with Crippen LogP contribution in [-0.2, 0) is 28.7 Å². The zero-order valence-electron chi connectivity index (χ0n) is 30.1. The SMILES string of the molecule is CC[C@H](C)[C@@H]([C@@H](CC(=O)N1CCCC1[C@H](OC)[C@@H](C)C(=O)NCCN)OC)N(C)C(=O)C(NC(=O)C(C(C)C)N(C)C)C(C)C. The number of nitrogens with two attached hydrogens (primary N) is 1. The Balaban J connectivity index is 3.25. The summed E-state index contributed by atoms with van der Waals surface area (Å²) < 4.78 is 11.8. The molecule has 8 atom stereocenters. The lowest BCUT2D eigenvalue weighted by atomic mass is 9.89. The Morgan fingerprint density at radius 3 is 2.04 bits per heavy atom. The van der Waals surface area contributed by atoms with E-state index in [1.54, 1.807) is 26.2 Å². The number of nitrogens with one attached hydrogen (secondary N) is 2. The van der Waals surface area contributed by atoms with E-state index in [4.69, 9.17) is 15.2 Å². The van der Waals surface area contributed by atoms with Crippen molar-refractivity contribution in [2.75, 3.05) is 55.0 Å². The summed E-state index contributed by atoms with van der Waals surface area (Å²) in [4.78, 5) is 59.4. The maximum Gasteiger partial charge on any atom is 0.245 e. The summed E-state index contributed by atoms with van der Waals surface area (Å²) in [5.41, 5.74) is 5.55. The van der Waals surface area contributed by atoms with E-state index in [9.17, 15) is 19.2 Å². The minimum absolute atomic E-state index is 0.0118. The Morgan fingerprint density at radius 1 is 0.956 bits per heavy atom. The Labute approximate surface area is 272 Å². The first-order valence-corrected chi connectivity index (χ1v) is 16.7. The summed E-state index contributed by atoms with van der Waals surface area (Å²) in [5.74, 6) is -1.21. The molecule has 1 rings (SSSR count). The van der Waals surface area contributed by atoms with Crippen LogP contribution in [0.4, 0.5) is 0 Å². The summed E-state index contributed by atoms with van der Waals surface area (Å²) in [7, 11) is 8.60. The van der Waals surface area contributed by atoms with Crippen molar-refractivity contribution in [2.24, 2.45) is 29.4 Å². The maximum absolute atomic E-state index is 14.1. The topological polar surface area (TPSA) is 147 Å². The molecule has 1 fully saturated rings. The van der Waals surface area contributed by atoms with Gasteiger partial charge in [0, 0.05) is 40.9 Å². The molecule has 45 heavy (non-hydrogen) atoms. The van der Waals surface area contributed by atoms with Gasteiger partial charge in [-0.15, -0.1) is 0 Å². The second kappa shape index (κ2) is 19.4. The fraction of sp³-hybridized carbons (Fsp3) is 0.879. The molecular formula is C33H64N6O6. The zero-order chi connectivity index (χ0) is 34.6. The molecule has 0 bridgehead atoms. The number of ether oxygens (including phenoxy) is 2. The third kappa shape index (κ3) is 10.9. The second-order valence-corrected chi connectivity index (χ2v) is 13.6. The van der Waals surface area contributed by atoms with Crippen LogP contribution in [0.2, 0.25) is 0 Å². The molecule has 1 aliphatic rings. The lowest BCUT2D eigenvalue weighted by Crippen LogP contribution is -2.59. The quantitative estimate of drug-likeness (QED) is 0.194. The van der Waals surface area contributed by atoms with E-state index in [-0.39, 0.29) is 59.9 Å². The molecule has 0 aliphatic carbocycles. The van der Waals surface area contributed by atoms with E-state index in [1.165, 1.54) is 0 Å². The average molecular weight is 641 g/mol. The Kier molecular flexibility index (Phi) is 17.6. The summed E-state index contributed by atoms with van der Waals surface area (Å²) >= 11 is 0. The molecule has 1 saturated heterocycles. The van der Waals surface area contributed by atoms with Gasteiger partial charge in [-0.3, -0.25) is 24.1 Å². The van der Waals surface area contributed by atoms with E-state index >= 15 is 0 Å². The average Bonchev–Trinajstić information content (AvgIpc) is 3.46. The van der Waals surface area contributed by atoms with Crippen molar-refractivity contribution in [3.8, 4) is 0 Å². The first-order chi connectivity index (χ1) is 21.1. The van der Waals surface area contributed by atoms with Gasteiger partial charge in [-0.25, -0.2) is 0 Å². The van der Waals surface area contributed by atoms with Gasteiger partial charge < -0.3 is 35.6 Å². The summed E-state index contributed by atoms with van der Waals surface area (Å²) in [6, 6.07) is -1.78. The number of amides is 4. The zero-order valence-corrected chi connectivity index (χ0v) is 30.1. The first-order valence-electron chi connectivity index (χ1n) is 16.7. The smallest absolute Gasteiger partial charge is 0.245 e. The molecule has 4 N–H and O–H groups in total. The van der Waals surface area contributed by atoms with Gasteiger partial charge in [-0.1, -0.05) is 54.9 Å². The molecule has 3 unspecified atom stereocenters. The molecule has 12 heteroatoms. The molecule has 262 valence electrons. The monoisotopic (exact) mass is 640 g/mol. The number of likely N-dealkylation sites (tertiary alicyclic amines) is 1. The lowest BCUT2D eigenvalue weighted by molar-refractivity contribution is -0.148. The van der Waals surface area contributed by atoms with Gasteiger partial charge in [0.2, 0.25) is 23.6 Å². The fourth-order valence-electron chi connectivity index (χ4n) is 6.77. The fourth-order valence-corrected chi connectivity index (χ4v) is 6.77. The van der Waals surface area contributed by atoms with Crippen LogP contribution >= 0.6 is 0 Å².